The first kappa shape index (κ1) is 19.4. The van der Waals surface area contributed by atoms with Gasteiger partial charge in [0.25, 0.3) is 0 Å². The Bertz CT molecular complexity index is 607. The van der Waals surface area contributed by atoms with Gasteiger partial charge in [-0.3, -0.25) is 4.79 Å². The lowest BCUT2D eigenvalue weighted by Gasteiger charge is -2.10. The van der Waals surface area contributed by atoms with Crippen molar-refractivity contribution in [3.05, 3.63) is 41.0 Å². The van der Waals surface area contributed by atoms with Crippen LogP contribution >= 0.6 is 0 Å². The van der Waals surface area contributed by atoms with Crippen molar-refractivity contribution >= 4 is 17.7 Å². The Labute approximate surface area is 141 Å². The fourth-order valence-electron chi connectivity index (χ4n) is 2.05. The van der Waals surface area contributed by atoms with E-state index in [9.17, 15) is 14.4 Å². The summed E-state index contributed by atoms with van der Waals surface area (Å²) in [4.78, 5) is 36.3. The Balaban J connectivity index is 3.03. The molecule has 1 aromatic rings. The van der Waals surface area contributed by atoms with Gasteiger partial charge in [-0.25, -0.2) is 9.59 Å². The number of esters is 2. The Morgan fingerprint density at radius 2 is 1.42 bits per heavy atom. The van der Waals surface area contributed by atoms with Gasteiger partial charge in [0.05, 0.1) is 20.3 Å². The Morgan fingerprint density at radius 3 is 1.83 bits per heavy atom. The SMILES string of the molecule is CCOC(=O)C(C(=O)OCC)=C(C)CC(=O)c1ccc(OC)cc1. The molecule has 0 aliphatic carbocycles. The fraction of sp³-hybridized carbons (Fsp3) is 0.389. The molecule has 0 fully saturated rings. The zero-order chi connectivity index (χ0) is 18.1. The van der Waals surface area contributed by atoms with Gasteiger partial charge >= 0.3 is 11.9 Å². The van der Waals surface area contributed by atoms with Crippen LogP contribution in [0.4, 0.5) is 0 Å². The number of hydrogen-bond acceptors (Lipinski definition) is 6. The van der Waals surface area contributed by atoms with Gasteiger partial charge in [0.15, 0.2) is 5.78 Å². The monoisotopic (exact) mass is 334 g/mol. The first-order valence-corrected chi connectivity index (χ1v) is 7.65. The number of rotatable bonds is 8. The van der Waals surface area contributed by atoms with Crippen LogP contribution in [0.1, 0.15) is 37.6 Å². The first-order valence-electron chi connectivity index (χ1n) is 7.65. The maximum Gasteiger partial charge on any atom is 0.345 e. The number of carbonyl (C=O) groups is 3. The highest BCUT2D eigenvalue weighted by Crippen LogP contribution is 2.18. The summed E-state index contributed by atoms with van der Waals surface area (Å²) in [5, 5.41) is 0. The topological polar surface area (TPSA) is 78.9 Å². The molecule has 24 heavy (non-hydrogen) atoms. The molecule has 0 saturated heterocycles. The van der Waals surface area contributed by atoms with Crippen LogP contribution in [-0.4, -0.2) is 38.0 Å². The number of ketones is 1. The summed E-state index contributed by atoms with van der Waals surface area (Å²) < 4.78 is 14.8. The summed E-state index contributed by atoms with van der Waals surface area (Å²) in [5.41, 5.74) is 0.551. The fourth-order valence-corrected chi connectivity index (χ4v) is 2.05. The maximum atomic E-state index is 12.3. The number of benzene rings is 1. The molecule has 6 nitrogen and oxygen atoms in total. The number of hydrogen-bond donors (Lipinski definition) is 0. The highest BCUT2D eigenvalue weighted by molar-refractivity contribution is 6.15. The lowest BCUT2D eigenvalue weighted by molar-refractivity contribution is -0.146. The number of allylic oxidation sites excluding steroid dienone is 1. The molecular weight excluding hydrogens is 312 g/mol. The molecule has 0 saturated carbocycles. The van der Waals surface area contributed by atoms with E-state index < -0.39 is 11.9 Å². The number of carbonyl (C=O) groups excluding carboxylic acids is 3. The summed E-state index contributed by atoms with van der Waals surface area (Å²) in [7, 11) is 1.54. The molecule has 0 aliphatic rings. The minimum atomic E-state index is -0.781. The van der Waals surface area contributed by atoms with Crippen molar-refractivity contribution in [2.75, 3.05) is 20.3 Å². The molecule has 0 amide bonds. The second kappa shape index (κ2) is 9.50. The van der Waals surface area contributed by atoms with Gasteiger partial charge < -0.3 is 14.2 Å². The van der Waals surface area contributed by atoms with Gasteiger partial charge in [-0.05, 0) is 50.6 Å². The molecular formula is C18H22O6. The highest BCUT2D eigenvalue weighted by Gasteiger charge is 2.25. The molecule has 0 atom stereocenters. The summed E-state index contributed by atoms with van der Waals surface area (Å²) >= 11 is 0. The minimum Gasteiger partial charge on any atom is -0.497 e. The largest absolute Gasteiger partial charge is 0.497 e. The van der Waals surface area contributed by atoms with Crippen molar-refractivity contribution in [1.29, 1.82) is 0 Å². The normalized spacial score (nSPS) is 9.83. The van der Waals surface area contributed by atoms with Gasteiger partial charge in [-0.2, -0.15) is 0 Å². The lowest BCUT2D eigenvalue weighted by atomic mass is 10.00. The number of Topliss-reactive ketones (excluding diaryl/α,β-unsaturated/α-hetero) is 1. The Kier molecular flexibility index (Phi) is 7.68. The van der Waals surface area contributed by atoms with Crippen molar-refractivity contribution in [3.8, 4) is 5.75 Å². The molecule has 0 N–H and O–H groups in total. The van der Waals surface area contributed by atoms with Crippen LogP contribution in [0.25, 0.3) is 0 Å². The van der Waals surface area contributed by atoms with E-state index in [1.807, 2.05) is 0 Å². The van der Waals surface area contributed by atoms with Crippen molar-refractivity contribution in [3.63, 3.8) is 0 Å². The van der Waals surface area contributed by atoms with Crippen LogP contribution < -0.4 is 4.74 Å². The van der Waals surface area contributed by atoms with Gasteiger partial charge in [0, 0.05) is 12.0 Å². The van der Waals surface area contributed by atoms with Crippen LogP contribution in [0, 0.1) is 0 Å². The predicted octanol–water partition coefficient (Wildman–Crippen LogP) is 2.71. The molecule has 130 valence electrons. The van der Waals surface area contributed by atoms with Gasteiger partial charge in [0.1, 0.15) is 11.3 Å². The molecule has 0 bridgehead atoms. The lowest BCUT2D eigenvalue weighted by Crippen LogP contribution is -2.21. The van der Waals surface area contributed by atoms with Crippen LogP contribution in [0.5, 0.6) is 5.75 Å². The third-order valence-corrected chi connectivity index (χ3v) is 3.22. The third kappa shape index (κ3) is 5.22. The molecule has 0 spiro atoms. The third-order valence-electron chi connectivity index (χ3n) is 3.22. The van der Waals surface area contributed by atoms with E-state index in [4.69, 9.17) is 14.2 Å². The average Bonchev–Trinajstić information content (AvgIpc) is 2.55. The summed E-state index contributed by atoms with van der Waals surface area (Å²) in [6.07, 6.45) is -0.0840. The van der Waals surface area contributed by atoms with E-state index >= 15 is 0 Å². The van der Waals surface area contributed by atoms with Crippen molar-refractivity contribution < 1.29 is 28.6 Å². The first-order chi connectivity index (χ1) is 11.4. The van der Waals surface area contributed by atoms with E-state index in [0.29, 0.717) is 16.9 Å². The van der Waals surface area contributed by atoms with Crippen LogP contribution in [-0.2, 0) is 19.1 Å². The smallest absolute Gasteiger partial charge is 0.345 e. The molecule has 6 heteroatoms. The Morgan fingerprint density at radius 1 is 0.917 bits per heavy atom. The van der Waals surface area contributed by atoms with Crippen molar-refractivity contribution in [2.45, 2.75) is 27.2 Å². The Hall–Kier alpha value is -2.63. The molecule has 1 rings (SSSR count). The minimum absolute atomic E-state index is 0.0840. The van der Waals surface area contributed by atoms with Gasteiger partial charge in [-0.15, -0.1) is 0 Å². The van der Waals surface area contributed by atoms with E-state index in [1.165, 1.54) is 7.11 Å². The van der Waals surface area contributed by atoms with E-state index in [0.717, 1.165) is 0 Å². The van der Waals surface area contributed by atoms with Crippen molar-refractivity contribution in [2.24, 2.45) is 0 Å². The average molecular weight is 334 g/mol. The highest BCUT2D eigenvalue weighted by atomic mass is 16.6. The van der Waals surface area contributed by atoms with Gasteiger partial charge in [-0.1, -0.05) is 0 Å². The molecule has 0 heterocycles. The van der Waals surface area contributed by atoms with E-state index in [-0.39, 0.29) is 31.0 Å². The summed E-state index contributed by atoms with van der Waals surface area (Å²) in [6.45, 7) is 5.07. The van der Waals surface area contributed by atoms with Gasteiger partial charge in [0.2, 0.25) is 0 Å². The molecule has 0 aliphatic heterocycles. The molecule has 0 radical (unpaired) electrons. The predicted molar refractivity (Wildman–Crippen MR) is 87.9 cm³/mol. The maximum absolute atomic E-state index is 12.3. The summed E-state index contributed by atoms with van der Waals surface area (Å²) in [6, 6.07) is 6.60. The second-order valence-corrected chi connectivity index (χ2v) is 4.92. The second-order valence-electron chi connectivity index (χ2n) is 4.92. The zero-order valence-electron chi connectivity index (χ0n) is 14.4. The van der Waals surface area contributed by atoms with E-state index in [1.54, 1.807) is 45.0 Å². The zero-order valence-corrected chi connectivity index (χ0v) is 14.4. The number of ether oxygens (including phenoxy) is 3. The standard InChI is InChI=1S/C18H22O6/c1-5-23-17(20)16(18(21)24-6-2)12(3)11-15(19)13-7-9-14(22-4)10-8-13/h7-10H,5-6,11H2,1-4H3. The van der Waals surface area contributed by atoms with Crippen molar-refractivity contribution in [1.82, 2.24) is 0 Å². The van der Waals surface area contributed by atoms with Crippen LogP contribution in [0.2, 0.25) is 0 Å². The molecule has 0 unspecified atom stereocenters. The van der Waals surface area contributed by atoms with E-state index in [2.05, 4.69) is 0 Å². The molecule has 0 aromatic heterocycles. The van der Waals surface area contributed by atoms with Crippen LogP contribution in [0.3, 0.4) is 0 Å². The molecule has 1 aromatic carbocycles. The summed E-state index contributed by atoms with van der Waals surface area (Å²) in [5.74, 6) is -1.15. The quantitative estimate of drug-likeness (QED) is 0.239. The van der Waals surface area contributed by atoms with Crippen LogP contribution in [0.15, 0.2) is 35.4 Å². The number of methoxy groups -OCH3 is 1.